The SMILES string of the molecule is CCNc1ccc(COCCOC(C)(C)C)cn1. The number of hydrogen-bond donors (Lipinski definition) is 1. The van der Waals surface area contributed by atoms with Crippen molar-refractivity contribution in [1.82, 2.24) is 4.98 Å². The van der Waals surface area contributed by atoms with Gasteiger partial charge in [-0.15, -0.1) is 0 Å². The minimum atomic E-state index is -0.0988. The third kappa shape index (κ3) is 6.57. The van der Waals surface area contributed by atoms with Crippen LogP contribution in [0.15, 0.2) is 18.3 Å². The number of nitrogens with zero attached hydrogens (tertiary/aromatic N) is 1. The summed E-state index contributed by atoms with van der Waals surface area (Å²) in [5.41, 5.74) is 0.977. The molecule has 1 heterocycles. The van der Waals surface area contributed by atoms with Gasteiger partial charge >= 0.3 is 0 Å². The summed E-state index contributed by atoms with van der Waals surface area (Å²) in [5, 5.41) is 3.16. The van der Waals surface area contributed by atoms with Crippen LogP contribution in [0.1, 0.15) is 33.3 Å². The summed E-state index contributed by atoms with van der Waals surface area (Å²) in [6.07, 6.45) is 1.84. The summed E-state index contributed by atoms with van der Waals surface area (Å²) in [5.74, 6) is 0.900. The highest BCUT2D eigenvalue weighted by molar-refractivity contribution is 5.34. The summed E-state index contributed by atoms with van der Waals surface area (Å²) in [7, 11) is 0. The van der Waals surface area contributed by atoms with Gasteiger partial charge in [-0.3, -0.25) is 0 Å². The van der Waals surface area contributed by atoms with Crippen molar-refractivity contribution >= 4 is 5.82 Å². The predicted octanol–water partition coefficient (Wildman–Crippen LogP) is 2.85. The summed E-state index contributed by atoms with van der Waals surface area (Å²) >= 11 is 0. The highest BCUT2D eigenvalue weighted by atomic mass is 16.5. The van der Waals surface area contributed by atoms with Crippen molar-refractivity contribution in [1.29, 1.82) is 0 Å². The third-order valence-electron chi connectivity index (χ3n) is 2.21. The van der Waals surface area contributed by atoms with Gasteiger partial charge in [-0.2, -0.15) is 0 Å². The first-order chi connectivity index (χ1) is 8.51. The quantitative estimate of drug-likeness (QED) is 0.758. The second-order valence-electron chi connectivity index (χ2n) is 5.10. The van der Waals surface area contributed by atoms with Crippen molar-refractivity contribution in [2.24, 2.45) is 0 Å². The molecule has 0 spiro atoms. The highest BCUT2D eigenvalue weighted by Gasteiger charge is 2.08. The fourth-order valence-electron chi connectivity index (χ4n) is 1.39. The minimum Gasteiger partial charge on any atom is -0.374 e. The lowest BCUT2D eigenvalue weighted by atomic mass is 10.2. The molecule has 1 N–H and O–H groups in total. The van der Waals surface area contributed by atoms with E-state index < -0.39 is 0 Å². The smallest absolute Gasteiger partial charge is 0.125 e. The molecule has 1 aromatic heterocycles. The van der Waals surface area contributed by atoms with E-state index >= 15 is 0 Å². The van der Waals surface area contributed by atoms with E-state index in [-0.39, 0.29) is 5.60 Å². The van der Waals surface area contributed by atoms with E-state index in [4.69, 9.17) is 9.47 Å². The number of hydrogen-bond acceptors (Lipinski definition) is 4. The average molecular weight is 252 g/mol. The first-order valence-corrected chi connectivity index (χ1v) is 6.42. The van der Waals surface area contributed by atoms with Crippen molar-refractivity contribution in [3.05, 3.63) is 23.9 Å². The maximum Gasteiger partial charge on any atom is 0.125 e. The van der Waals surface area contributed by atoms with Gasteiger partial charge in [-0.05, 0) is 39.3 Å². The Morgan fingerprint density at radius 1 is 1.22 bits per heavy atom. The van der Waals surface area contributed by atoms with Crippen molar-refractivity contribution in [2.45, 2.75) is 39.9 Å². The molecule has 18 heavy (non-hydrogen) atoms. The third-order valence-corrected chi connectivity index (χ3v) is 2.21. The van der Waals surface area contributed by atoms with E-state index in [1.165, 1.54) is 0 Å². The molecule has 0 fully saturated rings. The zero-order chi connectivity index (χ0) is 13.4. The van der Waals surface area contributed by atoms with Crippen LogP contribution in [0.5, 0.6) is 0 Å². The molecule has 0 saturated carbocycles. The zero-order valence-corrected chi connectivity index (χ0v) is 11.8. The van der Waals surface area contributed by atoms with Gasteiger partial charge in [0.2, 0.25) is 0 Å². The van der Waals surface area contributed by atoms with Crippen LogP contribution in [0.25, 0.3) is 0 Å². The number of nitrogens with one attached hydrogen (secondary N) is 1. The van der Waals surface area contributed by atoms with Crippen LogP contribution < -0.4 is 5.32 Å². The van der Waals surface area contributed by atoms with E-state index in [0.717, 1.165) is 17.9 Å². The molecule has 4 nitrogen and oxygen atoms in total. The first-order valence-electron chi connectivity index (χ1n) is 6.42. The number of anilines is 1. The molecule has 1 aromatic rings. The van der Waals surface area contributed by atoms with Gasteiger partial charge in [0.15, 0.2) is 0 Å². The van der Waals surface area contributed by atoms with Gasteiger partial charge in [0, 0.05) is 12.7 Å². The largest absolute Gasteiger partial charge is 0.374 e. The van der Waals surface area contributed by atoms with Crippen LogP contribution in [-0.2, 0) is 16.1 Å². The Morgan fingerprint density at radius 3 is 2.56 bits per heavy atom. The summed E-state index contributed by atoms with van der Waals surface area (Å²) < 4.78 is 11.1. The second kappa shape index (κ2) is 7.34. The molecule has 102 valence electrons. The maximum atomic E-state index is 5.57. The molecule has 0 unspecified atom stereocenters. The van der Waals surface area contributed by atoms with Gasteiger partial charge in [0.05, 0.1) is 25.4 Å². The van der Waals surface area contributed by atoms with Crippen molar-refractivity contribution in [3.63, 3.8) is 0 Å². The van der Waals surface area contributed by atoms with Crippen molar-refractivity contribution in [3.8, 4) is 0 Å². The Bertz CT molecular complexity index is 331. The number of aromatic nitrogens is 1. The molecule has 0 aliphatic rings. The van der Waals surface area contributed by atoms with E-state index in [2.05, 4.69) is 10.3 Å². The second-order valence-corrected chi connectivity index (χ2v) is 5.10. The van der Waals surface area contributed by atoms with E-state index in [0.29, 0.717) is 19.8 Å². The molecule has 1 rings (SSSR count). The molecule has 0 aromatic carbocycles. The highest BCUT2D eigenvalue weighted by Crippen LogP contribution is 2.07. The average Bonchev–Trinajstić information content (AvgIpc) is 2.30. The molecule has 0 aliphatic heterocycles. The van der Waals surface area contributed by atoms with Crippen LogP contribution in [0.2, 0.25) is 0 Å². The topological polar surface area (TPSA) is 43.4 Å². The Kier molecular flexibility index (Phi) is 6.09. The molecule has 0 saturated heterocycles. The maximum absolute atomic E-state index is 5.57. The van der Waals surface area contributed by atoms with Crippen LogP contribution in [0.4, 0.5) is 5.82 Å². The number of ether oxygens (including phenoxy) is 2. The lowest BCUT2D eigenvalue weighted by Gasteiger charge is -2.19. The van der Waals surface area contributed by atoms with E-state index in [9.17, 15) is 0 Å². The van der Waals surface area contributed by atoms with Gasteiger partial charge in [0.1, 0.15) is 5.82 Å². The first kappa shape index (κ1) is 14.9. The van der Waals surface area contributed by atoms with Crippen molar-refractivity contribution in [2.75, 3.05) is 25.1 Å². The van der Waals surface area contributed by atoms with Gasteiger partial charge in [0.25, 0.3) is 0 Å². The molecule has 0 radical (unpaired) electrons. The molecule has 0 aliphatic carbocycles. The fraction of sp³-hybridized carbons (Fsp3) is 0.643. The van der Waals surface area contributed by atoms with E-state index in [1.807, 2.05) is 46.0 Å². The van der Waals surface area contributed by atoms with Crippen LogP contribution in [0, 0.1) is 0 Å². The molecule has 0 atom stereocenters. The monoisotopic (exact) mass is 252 g/mol. The van der Waals surface area contributed by atoms with Crippen LogP contribution >= 0.6 is 0 Å². The number of rotatable bonds is 7. The molecule has 0 amide bonds. The summed E-state index contributed by atoms with van der Waals surface area (Å²) in [6.45, 7) is 10.8. The Hall–Kier alpha value is -1.13. The molecular formula is C14H24N2O2. The molecule has 0 bridgehead atoms. The van der Waals surface area contributed by atoms with Crippen molar-refractivity contribution < 1.29 is 9.47 Å². The molecular weight excluding hydrogens is 228 g/mol. The zero-order valence-electron chi connectivity index (χ0n) is 11.8. The number of pyridine rings is 1. The Balaban J connectivity index is 2.19. The standard InChI is InChI=1S/C14H24N2O2/c1-5-15-13-7-6-12(10-16-13)11-17-8-9-18-14(2,3)4/h6-7,10H,5,8-9,11H2,1-4H3,(H,15,16). The van der Waals surface area contributed by atoms with E-state index in [1.54, 1.807) is 0 Å². The summed E-state index contributed by atoms with van der Waals surface area (Å²) in [6, 6.07) is 3.99. The minimum absolute atomic E-state index is 0.0988. The van der Waals surface area contributed by atoms with Gasteiger partial charge < -0.3 is 14.8 Å². The van der Waals surface area contributed by atoms with Gasteiger partial charge in [-0.25, -0.2) is 4.98 Å². The summed E-state index contributed by atoms with van der Waals surface area (Å²) in [4.78, 5) is 4.28. The normalized spacial score (nSPS) is 11.6. The lowest BCUT2D eigenvalue weighted by Crippen LogP contribution is -2.21. The Labute approximate surface area is 110 Å². The lowest BCUT2D eigenvalue weighted by molar-refractivity contribution is -0.0377. The Morgan fingerprint density at radius 2 is 2.00 bits per heavy atom. The van der Waals surface area contributed by atoms with Crippen LogP contribution in [-0.4, -0.2) is 30.3 Å². The van der Waals surface area contributed by atoms with Crippen LogP contribution in [0.3, 0.4) is 0 Å². The van der Waals surface area contributed by atoms with Gasteiger partial charge in [-0.1, -0.05) is 6.07 Å². The predicted molar refractivity (Wildman–Crippen MR) is 73.8 cm³/mol. The fourth-order valence-corrected chi connectivity index (χ4v) is 1.39. The molecule has 4 heteroatoms.